The average molecular weight is 235 g/mol. The number of nitrogens with two attached hydrogens (primary N) is 1. The molecule has 2 aromatic rings. The number of halogens is 1. The molecular weight excluding hydrogens is 225 g/mol. The van der Waals surface area contributed by atoms with E-state index in [-0.39, 0.29) is 5.82 Å². The third-order valence-corrected chi connectivity index (χ3v) is 2.97. The molecule has 0 fully saturated rings. The Hall–Kier alpha value is -1.62. The maximum Gasteiger partial charge on any atom is 0.140 e. The molecule has 0 saturated carbocycles. The average Bonchev–Trinajstić information content (AvgIpc) is 2.28. The minimum absolute atomic E-state index is 0.226. The van der Waals surface area contributed by atoms with E-state index in [2.05, 4.69) is 9.97 Å². The van der Waals surface area contributed by atoms with Crippen LogP contribution in [0, 0.1) is 5.82 Å². The minimum Gasteiger partial charge on any atom is -0.384 e. The molecule has 1 heterocycles. The fraction of sp³-hybridized carbons (Fsp3) is 0.0909. The van der Waals surface area contributed by atoms with Crippen molar-refractivity contribution < 1.29 is 4.39 Å². The smallest absolute Gasteiger partial charge is 0.140 e. The fourth-order valence-corrected chi connectivity index (χ4v) is 1.99. The zero-order chi connectivity index (χ0) is 11.4. The van der Waals surface area contributed by atoms with Crippen LogP contribution in [0.2, 0.25) is 0 Å². The molecule has 82 valence electrons. The fourth-order valence-electron chi connectivity index (χ4n) is 1.19. The maximum atomic E-state index is 13.3. The summed E-state index contributed by atoms with van der Waals surface area (Å²) in [6.07, 6.45) is 1.60. The topological polar surface area (TPSA) is 51.8 Å². The molecule has 0 saturated heterocycles. The molecule has 2 N–H and O–H groups in total. The van der Waals surface area contributed by atoms with Crippen LogP contribution in [0.15, 0.2) is 41.4 Å². The summed E-state index contributed by atoms with van der Waals surface area (Å²) in [4.78, 5) is 8.68. The second-order valence-electron chi connectivity index (χ2n) is 3.12. The van der Waals surface area contributed by atoms with Crippen molar-refractivity contribution in [3.8, 4) is 0 Å². The number of benzene rings is 1. The Kier molecular flexibility index (Phi) is 3.36. The molecular formula is C11H10FN3S. The number of thioether (sulfide) groups is 1. The molecule has 0 radical (unpaired) electrons. The van der Waals surface area contributed by atoms with Crippen molar-refractivity contribution in [3.63, 3.8) is 0 Å². The first-order valence-corrected chi connectivity index (χ1v) is 5.69. The van der Waals surface area contributed by atoms with Crippen molar-refractivity contribution in [2.45, 2.75) is 10.6 Å². The van der Waals surface area contributed by atoms with Crippen LogP contribution >= 0.6 is 11.8 Å². The molecule has 1 aromatic carbocycles. The van der Waals surface area contributed by atoms with Gasteiger partial charge in [-0.1, -0.05) is 12.1 Å². The van der Waals surface area contributed by atoms with E-state index >= 15 is 0 Å². The van der Waals surface area contributed by atoms with Gasteiger partial charge in [-0.3, -0.25) is 0 Å². The third kappa shape index (κ3) is 2.70. The van der Waals surface area contributed by atoms with Crippen molar-refractivity contribution in [3.05, 3.63) is 48.2 Å². The van der Waals surface area contributed by atoms with E-state index in [1.165, 1.54) is 17.8 Å². The maximum absolute atomic E-state index is 13.3. The molecule has 0 aliphatic rings. The van der Waals surface area contributed by atoms with Crippen LogP contribution in [0.3, 0.4) is 0 Å². The van der Waals surface area contributed by atoms with Crippen LogP contribution in [0.25, 0.3) is 0 Å². The van der Waals surface area contributed by atoms with Crippen LogP contribution in [-0.2, 0) is 5.75 Å². The van der Waals surface area contributed by atoms with E-state index < -0.39 is 0 Å². The van der Waals surface area contributed by atoms with E-state index in [9.17, 15) is 4.39 Å². The number of hydrogen-bond acceptors (Lipinski definition) is 4. The van der Waals surface area contributed by atoms with Crippen molar-refractivity contribution in [1.29, 1.82) is 0 Å². The Balaban J connectivity index is 2.05. The molecule has 0 atom stereocenters. The summed E-state index contributed by atoms with van der Waals surface area (Å²) >= 11 is 1.35. The molecule has 5 heteroatoms. The summed E-state index contributed by atoms with van der Waals surface area (Å²) < 4.78 is 13.3. The van der Waals surface area contributed by atoms with Crippen molar-refractivity contribution >= 4 is 17.6 Å². The highest BCUT2D eigenvalue weighted by Crippen LogP contribution is 2.23. The monoisotopic (exact) mass is 235 g/mol. The van der Waals surface area contributed by atoms with E-state index in [4.69, 9.17) is 5.73 Å². The Bertz CT molecular complexity index is 490. The van der Waals surface area contributed by atoms with Gasteiger partial charge in [0.2, 0.25) is 0 Å². The van der Waals surface area contributed by atoms with Crippen LogP contribution in [-0.4, -0.2) is 9.97 Å². The zero-order valence-corrected chi connectivity index (χ0v) is 9.25. The summed E-state index contributed by atoms with van der Waals surface area (Å²) in [5.41, 5.74) is 5.52. The predicted octanol–water partition coefficient (Wildman–Crippen LogP) is 2.49. The van der Waals surface area contributed by atoms with Crippen LogP contribution in [0.1, 0.15) is 5.82 Å². The summed E-state index contributed by atoms with van der Waals surface area (Å²) in [6.45, 7) is 0. The molecule has 0 aliphatic carbocycles. The standard InChI is InChI=1S/C11H10FN3S/c12-8-3-1-2-4-9(8)16-7-11-14-6-5-10(13)15-11/h1-6H,7H2,(H2,13,14,15). The molecule has 0 aliphatic heterocycles. The molecule has 16 heavy (non-hydrogen) atoms. The second-order valence-corrected chi connectivity index (χ2v) is 4.13. The van der Waals surface area contributed by atoms with E-state index in [0.717, 1.165) is 0 Å². The van der Waals surface area contributed by atoms with Gasteiger partial charge in [0.15, 0.2) is 0 Å². The van der Waals surface area contributed by atoms with Gasteiger partial charge in [0.05, 0.1) is 5.75 Å². The first-order chi connectivity index (χ1) is 7.75. The highest BCUT2D eigenvalue weighted by molar-refractivity contribution is 7.98. The molecule has 1 aromatic heterocycles. The molecule has 0 unspecified atom stereocenters. The number of hydrogen-bond donors (Lipinski definition) is 1. The van der Waals surface area contributed by atoms with Gasteiger partial charge in [0.1, 0.15) is 17.5 Å². The lowest BCUT2D eigenvalue weighted by molar-refractivity contribution is 0.602. The Morgan fingerprint density at radius 2 is 2.06 bits per heavy atom. The first kappa shape index (κ1) is 10.9. The minimum atomic E-state index is -0.226. The number of aromatic nitrogens is 2. The van der Waals surface area contributed by atoms with Gasteiger partial charge in [-0.15, -0.1) is 11.8 Å². The highest BCUT2D eigenvalue weighted by atomic mass is 32.2. The number of rotatable bonds is 3. The molecule has 0 spiro atoms. The first-order valence-electron chi connectivity index (χ1n) is 4.70. The van der Waals surface area contributed by atoms with Crippen molar-refractivity contribution in [2.24, 2.45) is 0 Å². The summed E-state index contributed by atoms with van der Waals surface area (Å²) in [7, 11) is 0. The van der Waals surface area contributed by atoms with E-state index in [1.807, 2.05) is 0 Å². The number of nitrogens with zero attached hydrogens (tertiary/aromatic N) is 2. The largest absolute Gasteiger partial charge is 0.384 e. The van der Waals surface area contributed by atoms with Gasteiger partial charge in [0, 0.05) is 11.1 Å². The molecule has 0 amide bonds. The summed E-state index contributed by atoms with van der Waals surface area (Å²) in [5, 5.41) is 0. The van der Waals surface area contributed by atoms with E-state index in [1.54, 1.807) is 30.5 Å². The summed E-state index contributed by atoms with van der Waals surface area (Å²) in [5.74, 6) is 1.31. The normalized spacial score (nSPS) is 10.3. The second kappa shape index (κ2) is 4.94. The molecule has 3 nitrogen and oxygen atoms in total. The van der Waals surface area contributed by atoms with Gasteiger partial charge in [-0.25, -0.2) is 14.4 Å². The van der Waals surface area contributed by atoms with E-state index in [0.29, 0.717) is 22.3 Å². The Labute approximate surface area is 96.9 Å². The lowest BCUT2D eigenvalue weighted by Crippen LogP contribution is -1.97. The lowest BCUT2D eigenvalue weighted by atomic mass is 10.3. The molecule has 0 bridgehead atoms. The van der Waals surface area contributed by atoms with Gasteiger partial charge < -0.3 is 5.73 Å². The number of nitrogen functional groups attached to an aromatic ring is 1. The van der Waals surface area contributed by atoms with Gasteiger partial charge in [-0.2, -0.15) is 0 Å². The van der Waals surface area contributed by atoms with Crippen LogP contribution < -0.4 is 5.73 Å². The van der Waals surface area contributed by atoms with Gasteiger partial charge in [-0.05, 0) is 18.2 Å². The van der Waals surface area contributed by atoms with Crippen LogP contribution in [0.5, 0.6) is 0 Å². The SMILES string of the molecule is Nc1ccnc(CSc2ccccc2F)n1. The third-order valence-electron chi connectivity index (χ3n) is 1.92. The predicted molar refractivity (Wildman–Crippen MR) is 62.4 cm³/mol. The quantitative estimate of drug-likeness (QED) is 0.830. The Morgan fingerprint density at radius 1 is 1.25 bits per heavy atom. The van der Waals surface area contributed by atoms with Crippen molar-refractivity contribution in [2.75, 3.05) is 5.73 Å². The molecule has 2 rings (SSSR count). The Morgan fingerprint density at radius 3 is 2.81 bits per heavy atom. The van der Waals surface area contributed by atoms with Crippen LogP contribution in [0.4, 0.5) is 10.2 Å². The summed E-state index contributed by atoms with van der Waals surface area (Å²) in [6, 6.07) is 8.24. The highest BCUT2D eigenvalue weighted by Gasteiger charge is 2.03. The lowest BCUT2D eigenvalue weighted by Gasteiger charge is -2.02. The van der Waals surface area contributed by atoms with Gasteiger partial charge in [0.25, 0.3) is 0 Å². The van der Waals surface area contributed by atoms with Crippen molar-refractivity contribution in [1.82, 2.24) is 9.97 Å². The van der Waals surface area contributed by atoms with Gasteiger partial charge >= 0.3 is 0 Å². The number of anilines is 1. The zero-order valence-electron chi connectivity index (χ0n) is 8.43.